The number of hydrogen-bond acceptors (Lipinski definition) is 7. The number of anilines is 1. The van der Waals surface area contributed by atoms with Crippen LogP contribution in [0, 0.1) is 6.92 Å². The third-order valence-corrected chi connectivity index (χ3v) is 7.16. The second kappa shape index (κ2) is 12.3. The molecule has 1 heterocycles. The minimum Gasteiger partial charge on any atom is -0.497 e. The Bertz CT molecular complexity index is 1420. The zero-order valence-corrected chi connectivity index (χ0v) is 24.3. The molecule has 0 unspecified atom stereocenters. The summed E-state index contributed by atoms with van der Waals surface area (Å²) in [5.41, 5.74) is 3.57. The topological polar surface area (TPSA) is 77.5 Å². The van der Waals surface area contributed by atoms with Gasteiger partial charge in [0.25, 0.3) is 5.91 Å². The van der Waals surface area contributed by atoms with Crippen molar-refractivity contribution in [3.63, 3.8) is 0 Å². The molecule has 1 saturated heterocycles. The largest absolute Gasteiger partial charge is 0.497 e. The maximum absolute atomic E-state index is 13.6. The second-order valence-corrected chi connectivity index (χ2v) is 9.83. The monoisotopic (exact) mass is 610 g/mol. The maximum Gasteiger partial charge on any atom is 0.325 e. The number of thiocarbonyl (C=S) groups is 1. The number of nitrogens with zero attached hydrogens (tertiary/aromatic N) is 2. The van der Waals surface area contributed by atoms with Crippen molar-refractivity contribution < 1.29 is 28.5 Å². The van der Waals surface area contributed by atoms with Crippen molar-refractivity contribution in [3.8, 4) is 17.2 Å². The van der Waals surface area contributed by atoms with Crippen molar-refractivity contribution >= 4 is 56.9 Å². The van der Waals surface area contributed by atoms with Crippen LogP contribution >= 0.6 is 28.1 Å². The van der Waals surface area contributed by atoms with E-state index in [1.807, 2.05) is 31.2 Å². The number of rotatable bonds is 9. The van der Waals surface area contributed by atoms with Gasteiger partial charge in [-0.3, -0.25) is 14.5 Å². The molecule has 0 saturated carbocycles. The molecule has 39 heavy (non-hydrogen) atoms. The Kier molecular flexibility index (Phi) is 8.88. The normalized spacial score (nSPS) is 14.1. The van der Waals surface area contributed by atoms with Crippen molar-refractivity contribution in [2.75, 3.05) is 32.8 Å². The van der Waals surface area contributed by atoms with E-state index in [0.717, 1.165) is 5.56 Å². The van der Waals surface area contributed by atoms with Crippen LogP contribution < -0.4 is 19.1 Å². The average Bonchev–Trinajstić information content (AvgIpc) is 3.17. The highest BCUT2D eigenvalue weighted by Gasteiger charge is 2.40. The first-order valence-corrected chi connectivity index (χ1v) is 13.1. The predicted molar refractivity (Wildman–Crippen MR) is 156 cm³/mol. The highest BCUT2D eigenvalue weighted by Crippen LogP contribution is 2.37. The van der Waals surface area contributed by atoms with Crippen LogP contribution in [-0.2, 0) is 20.9 Å². The lowest BCUT2D eigenvalue weighted by Crippen LogP contribution is -2.35. The quantitative estimate of drug-likeness (QED) is 0.178. The third kappa shape index (κ3) is 6.23. The van der Waals surface area contributed by atoms with Crippen molar-refractivity contribution in [2.45, 2.75) is 13.5 Å². The number of ether oxygens (including phenoxy) is 4. The Labute approximate surface area is 240 Å². The number of esters is 1. The molecule has 4 rings (SSSR count). The molecule has 0 aromatic heterocycles. The van der Waals surface area contributed by atoms with E-state index in [1.165, 1.54) is 22.5 Å². The summed E-state index contributed by atoms with van der Waals surface area (Å²) in [5, 5.41) is 0.156. The Balaban J connectivity index is 1.68. The molecule has 3 aromatic rings. The van der Waals surface area contributed by atoms with Crippen molar-refractivity contribution in [3.05, 3.63) is 87.5 Å². The summed E-state index contributed by atoms with van der Waals surface area (Å²) in [7, 11) is 4.39. The summed E-state index contributed by atoms with van der Waals surface area (Å²) < 4.78 is 22.3. The number of hydrogen-bond donors (Lipinski definition) is 0. The Hall–Kier alpha value is -3.89. The van der Waals surface area contributed by atoms with Gasteiger partial charge in [0.05, 0.1) is 27.0 Å². The first-order valence-electron chi connectivity index (χ1n) is 11.9. The number of carbonyl (C=O) groups excluding carboxylic acids is 2. The number of amides is 1. The Morgan fingerprint density at radius 1 is 0.974 bits per heavy atom. The van der Waals surface area contributed by atoms with E-state index in [-0.39, 0.29) is 23.3 Å². The number of aryl methyl sites for hydroxylation is 1. The summed E-state index contributed by atoms with van der Waals surface area (Å²) in [6, 6.07) is 18.5. The minimum absolute atomic E-state index is 0.156. The van der Waals surface area contributed by atoms with Crippen LogP contribution in [0.2, 0.25) is 0 Å². The molecule has 0 spiro atoms. The van der Waals surface area contributed by atoms with Crippen LogP contribution in [0.5, 0.6) is 17.2 Å². The average molecular weight is 612 g/mol. The summed E-state index contributed by atoms with van der Waals surface area (Å²) in [6.45, 7) is 2.16. The first kappa shape index (κ1) is 28.1. The molecule has 1 amide bonds. The van der Waals surface area contributed by atoms with Crippen LogP contribution in [0.25, 0.3) is 6.08 Å². The summed E-state index contributed by atoms with van der Waals surface area (Å²) in [5.74, 6) is 0.728. The molecular formula is C29H27BrN2O6S. The van der Waals surface area contributed by atoms with Gasteiger partial charge >= 0.3 is 5.97 Å². The van der Waals surface area contributed by atoms with Crippen LogP contribution in [0.15, 0.2) is 70.8 Å². The minimum atomic E-state index is -0.538. The fourth-order valence-corrected chi connectivity index (χ4v) is 4.70. The van der Waals surface area contributed by atoms with Gasteiger partial charge < -0.3 is 23.8 Å². The van der Waals surface area contributed by atoms with Gasteiger partial charge in [-0.15, -0.1) is 0 Å². The SMILES string of the molecule is COC(=O)CN1C(=S)N(c2ccc(OC)cc2)C(=O)/C1=C/c1cc(OC)c(OCc2ccc(C)cc2)cc1Br. The molecule has 0 aliphatic carbocycles. The van der Waals surface area contributed by atoms with E-state index in [0.29, 0.717) is 39.6 Å². The molecule has 1 fully saturated rings. The molecule has 0 atom stereocenters. The standard InChI is InChI=1S/C29H27BrN2O6S/c1-18-5-7-19(8-6-18)17-38-26-15-23(30)20(14-25(26)36-3)13-24-28(34)32(21-9-11-22(35-2)12-10-21)29(39)31(24)16-27(33)37-4/h5-15H,16-17H2,1-4H3/b24-13-. The predicted octanol–water partition coefficient (Wildman–Crippen LogP) is 5.50. The van der Waals surface area contributed by atoms with Crippen LogP contribution in [0.4, 0.5) is 5.69 Å². The second-order valence-electron chi connectivity index (χ2n) is 8.61. The lowest BCUT2D eigenvalue weighted by molar-refractivity contribution is -0.140. The molecule has 10 heteroatoms. The van der Waals surface area contributed by atoms with Crippen molar-refractivity contribution in [1.82, 2.24) is 4.90 Å². The zero-order chi connectivity index (χ0) is 28.1. The highest BCUT2D eigenvalue weighted by molar-refractivity contribution is 9.10. The van der Waals surface area contributed by atoms with Crippen molar-refractivity contribution in [2.24, 2.45) is 0 Å². The van der Waals surface area contributed by atoms with E-state index in [9.17, 15) is 9.59 Å². The molecule has 0 radical (unpaired) electrons. The number of carbonyl (C=O) groups is 2. The highest BCUT2D eigenvalue weighted by atomic mass is 79.9. The fourth-order valence-electron chi connectivity index (χ4n) is 3.91. The van der Waals surface area contributed by atoms with Gasteiger partial charge in [-0.05, 0) is 72.7 Å². The third-order valence-electron chi connectivity index (χ3n) is 6.07. The lowest BCUT2D eigenvalue weighted by atomic mass is 10.1. The first-order chi connectivity index (χ1) is 18.7. The van der Waals surface area contributed by atoms with Gasteiger partial charge in [0.2, 0.25) is 0 Å². The molecule has 0 bridgehead atoms. The van der Waals surface area contributed by atoms with Crippen molar-refractivity contribution in [1.29, 1.82) is 0 Å². The summed E-state index contributed by atoms with van der Waals surface area (Å²) >= 11 is 9.21. The van der Waals surface area contributed by atoms with E-state index in [4.69, 9.17) is 31.2 Å². The number of methoxy groups -OCH3 is 3. The molecular weight excluding hydrogens is 584 g/mol. The fraction of sp³-hybridized carbons (Fsp3) is 0.207. The smallest absolute Gasteiger partial charge is 0.325 e. The van der Waals surface area contributed by atoms with E-state index >= 15 is 0 Å². The van der Waals surface area contributed by atoms with Gasteiger partial charge in [0, 0.05) is 4.47 Å². The van der Waals surface area contributed by atoms with Gasteiger partial charge in [-0.2, -0.15) is 0 Å². The van der Waals surface area contributed by atoms with Crippen LogP contribution in [0.1, 0.15) is 16.7 Å². The molecule has 202 valence electrons. The molecule has 0 N–H and O–H groups in total. The van der Waals surface area contributed by atoms with E-state index < -0.39 is 5.97 Å². The van der Waals surface area contributed by atoms with Crippen LogP contribution in [-0.4, -0.2) is 49.8 Å². The molecule has 3 aromatic carbocycles. The summed E-state index contributed by atoms with van der Waals surface area (Å²) in [4.78, 5) is 28.7. The lowest BCUT2D eigenvalue weighted by Gasteiger charge is -2.19. The van der Waals surface area contributed by atoms with Gasteiger partial charge in [0.1, 0.15) is 24.6 Å². The van der Waals surface area contributed by atoms with Gasteiger partial charge in [0.15, 0.2) is 16.6 Å². The number of benzene rings is 3. The molecule has 1 aliphatic heterocycles. The van der Waals surface area contributed by atoms with E-state index in [1.54, 1.807) is 56.7 Å². The molecule has 1 aliphatic rings. The van der Waals surface area contributed by atoms with Gasteiger partial charge in [-0.25, -0.2) is 0 Å². The number of halogens is 1. The molecule has 8 nitrogen and oxygen atoms in total. The van der Waals surface area contributed by atoms with E-state index in [2.05, 4.69) is 15.9 Å². The Morgan fingerprint density at radius 3 is 2.28 bits per heavy atom. The Morgan fingerprint density at radius 2 is 1.67 bits per heavy atom. The zero-order valence-electron chi connectivity index (χ0n) is 21.9. The maximum atomic E-state index is 13.6. The summed E-state index contributed by atoms with van der Waals surface area (Å²) in [6.07, 6.45) is 1.65. The van der Waals surface area contributed by atoms with Gasteiger partial charge in [-0.1, -0.05) is 45.8 Å². The van der Waals surface area contributed by atoms with Crippen LogP contribution in [0.3, 0.4) is 0 Å².